The van der Waals surface area contributed by atoms with E-state index in [0.717, 1.165) is 37.7 Å². The summed E-state index contributed by atoms with van der Waals surface area (Å²) in [7, 11) is 0. The highest BCUT2D eigenvalue weighted by Crippen LogP contribution is 2.50. The van der Waals surface area contributed by atoms with Crippen LogP contribution in [-0.2, 0) is 11.3 Å². The van der Waals surface area contributed by atoms with Gasteiger partial charge in [0, 0.05) is 25.3 Å². The Labute approximate surface area is 199 Å². The smallest absolute Gasteiger partial charge is 0.220 e. The van der Waals surface area contributed by atoms with Gasteiger partial charge >= 0.3 is 0 Å². The van der Waals surface area contributed by atoms with Crippen molar-refractivity contribution in [3.8, 4) is 11.8 Å². The van der Waals surface area contributed by atoms with Crippen molar-refractivity contribution in [3.63, 3.8) is 0 Å². The Morgan fingerprint density at radius 1 is 1.27 bits per heavy atom. The van der Waals surface area contributed by atoms with E-state index in [9.17, 15) is 15.0 Å². The van der Waals surface area contributed by atoms with Crippen LogP contribution in [0.25, 0.3) is 0 Å². The van der Waals surface area contributed by atoms with Crippen LogP contribution >= 0.6 is 0 Å². The van der Waals surface area contributed by atoms with Gasteiger partial charge in [-0.1, -0.05) is 61.1 Å². The highest BCUT2D eigenvalue weighted by Gasteiger charge is 2.44. The maximum Gasteiger partial charge on any atom is 0.220 e. The number of carbonyl (C=O) groups is 1. The van der Waals surface area contributed by atoms with Crippen LogP contribution in [0.5, 0.6) is 0 Å². The molecule has 2 fully saturated rings. The lowest BCUT2D eigenvalue weighted by molar-refractivity contribution is -0.121. The number of benzene rings is 1. The number of aliphatic hydroxyl groups is 2. The third-order valence-electron chi connectivity index (χ3n) is 7.20. The molecule has 0 heterocycles. The topological polar surface area (TPSA) is 69.6 Å². The average molecular weight is 450 g/mol. The Morgan fingerprint density at radius 2 is 2.06 bits per heavy atom. The molecule has 178 valence electrons. The molecule has 0 aromatic heterocycles. The SMILES string of the molecule is CC#CC[C@@H](C)[C@H](O)/C=C/[C@@H]1[C@H]2C/C(=C/CCCC(=O)NCc3ccccc3)C[C@H]2C[C@H]1O. The summed E-state index contributed by atoms with van der Waals surface area (Å²) in [5.41, 5.74) is 2.58. The zero-order valence-electron chi connectivity index (χ0n) is 20.0. The van der Waals surface area contributed by atoms with E-state index in [4.69, 9.17) is 0 Å². The average Bonchev–Trinajstić information content (AvgIpc) is 3.34. The number of amides is 1. The van der Waals surface area contributed by atoms with Crippen LogP contribution in [0.1, 0.15) is 64.4 Å². The zero-order chi connectivity index (χ0) is 23.6. The summed E-state index contributed by atoms with van der Waals surface area (Å²) < 4.78 is 0. The third kappa shape index (κ3) is 7.59. The second kappa shape index (κ2) is 12.8. The molecule has 0 radical (unpaired) electrons. The van der Waals surface area contributed by atoms with Crippen LogP contribution in [0, 0.1) is 35.5 Å². The van der Waals surface area contributed by atoms with E-state index in [0.29, 0.717) is 31.2 Å². The van der Waals surface area contributed by atoms with E-state index in [-0.39, 0.29) is 23.8 Å². The molecule has 4 nitrogen and oxygen atoms in total. The van der Waals surface area contributed by atoms with E-state index < -0.39 is 6.10 Å². The third-order valence-corrected chi connectivity index (χ3v) is 7.20. The lowest BCUT2D eigenvalue weighted by Gasteiger charge is -2.19. The van der Waals surface area contributed by atoms with Crippen molar-refractivity contribution in [1.29, 1.82) is 0 Å². The summed E-state index contributed by atoms with van der Waals surface area (Å²) in [5, 5.41) is 23.9. The van der Waals surface area contributed by atoms with Crippen molar-refractivity contribution in [3.05, 3.63) is 59.7 Å². The molecule has 0 aliphatic heterocycles. The van der Waals surface area contributed by atoms with Gasteiger partial charge in [0.2, 0.25) is 5.91 Å². The Bertz CT molecular complexity index is 879. The normalized spacial score (nSPS) is 27.2. The van der Waals surface area contributed by atoms with Gasteiger partial charge in [0.1, 0.15) is 0 Å². The van der Waals surface area contributed by atoms with Gasteiger partial charge in [-0.05, 0) is 62.3 Å². The lowest BCUT2D eigenvalue weighted by atomic mass is 9.89. The molecule has 2 aliphatic rings. The minimum atomic E-state index is -0.526. The molecule has 33 heavy (non-hydrogen) atoms. The summed E-state index contributed by atoms with van der Waals surface area (Å²) in [6.07, 6.45) is 11.3. The van der Waals surface area contributed by atoms with E-state index in [1.54, 1.807) is 0 Å². The Balaban J connectivity index is 1.41. The van der Waals surface area contributed by atoms with Crippen molar-refractivity contribution >= 4 is 5.91 Å². The summed E-state index contributed by atoms with van der Waals surface area (Å²) in [6.45, 7) is 4.41. The number of carbonyl (C=O) groups excluding carboxylic acids is 1. The molecular formula is C29H39NO3. The van der Waals surface area contributed by atoms with Crippen molar-refractivity contribution in [1.82, 2.24) is 5.32 Å². The zero-order valence-corrected chi connectivity index (χ0v) is 20.0. The fourth-order valence-electron chi connectivity index (χ4n) is 5.21. The van der Waals surface area contributed by atoms with Gasteiger partial charge in [0.15, 0.2) is 0 Å². The van der Waals surface area contributed by atoms with Crippen molar-refractivity contribution in [2.45, 2.75) is 77.5 Å². The number of hydrogen-bond acceptors (Lipinski definition) is 3. The van der Waals surface area contributed by atoms with Gasteiger partial charge in [-0.3, -0.25) is 4.79 Å². The monoisotopic (exact) mass is 449 g/mol. The quantitative estimate of drug-likeness (QED) is 0.274. The molecule has 0 saturated heterocycles. The number of hydrogen-bond donors (Lipinski definition) is 3. The molecule has 6 atom stereocenters. The molecule has 1 aromatic rings. The first kappa shape index (κ1) is 25.3. The van der Waals surface area contributed by atoms with Crippen LogP contribution in [0.15, 0.2) is 54.1 Å². The van der Waals surface area contributed by atoms with Crippen molar-refractivity contribution < 1.29 is 15.0 Å². The first-order chi connectivity index (χ1) is 16.0. The maximum atomic E-state index is 12.1. The molecule has 2 saturated carbocycles. The highest BCUT2D eigenvalue weighted by atomic mass is 16.3. The number of allylic oxidation sites excluding steroid dienone is 2. The number of fused-ring (bicyclic) bond motifs is 1. The Kier molecular flexibility index (Phi) is 9.78. The molecule has 3 N–H and O–H groups in total. The number of rotatable bonds is 10. The fraction of sp³-hybridized carbons (Fsp3) is 0.552. The fourth-order valence-corrected chi connectivity index (χ4v) is 5.21. The van der Waals surface area contributed by atoms with Gasteiger partial charge in [-0.25, -0.2) is 0 Å². The van der Waals surface area contributed by atoms with Gasteiger partial charge in [0.25, 0.3) is 0 Å². The summed E-state index contributed by atoms with van der Waals surface area (Å²) >= 11 is 0. The molecular weight excluding hydrogens is 410 g/mol. The second-order valence-corrected chi connectivity index (χ2v) is 9.71. The maximum absolute atomic E-state index is 12.1. The Hall–Kier alpha value is -2.35. The van der Waals surface area contributed by atoms with E-state index in [1.807, 2.05) is 50.3 Å². The second-order valence-electron chi connectivity index (χ2n) is 9.71. The van der Waals surface area contributed by atoms with Crippen LogP contribution < -0.4 is 5.32 Å². The number of unbranched alkanes of at least 4 members (excludes halogenated alkanes) is 1. The highest BCUT2D eigenvalue weighted by molar-refractivity contribution is 5.75. The molecule has 0 bridgehead atoms. The molecule has 0 unspecified atom stereocenters. The van der Waals surface area contributed by atoms with Gasteiger partial charge < -0.3 is 15.5 Å². The summed E-state index contributed by atoms with van der Waals surface area (Å²) in [4.78, 5) is 12.1. The Morgan fingerprint density at radius 3 is 2.82 bits per heavy atom. The number of nitrogens with one attached hydrogen (secondary N) is 1. The predicted molar refractivity (Wildman–Crippen MR) is 133 cm³/mol. The standard InChI is InChI=1S/C29H39NO3/c1-3-4-10-21(2)27(31)16-15-25-26-18-23(17-24(26)19-28(25)32)13-8-9-14-29(33)30-20-22-11-6-5-7-12-22/h5-7,11-13,15-16,21,24-28,31-32H,8-10,14,17-20H2,1-2H3,(H,30,33)/b16-15+,23-13+/t21-,24+,25-,26+,27-,28-/m1/s1. The molecule has 1 aromatic carbocycles. The van der Waals surface area contributed by atoms with E-state index in [2.05, 4.69) is 29.3 Å². The number of aliphatic hydroxyl groups excluding tert-OH is 2. The summed E-state index contributed by atoms with van der Waals surface area (Å²) in [6, 6.07) is 9.97. The minimum absolute atomic E-state index is 0.0898. The molecule has 0 spiro atoms. The van der Waals surface area contributed by atoms with Crippen LogP contribution in [0.4, 0.5) is 0 Å². The van der Waals surface area contributed by atoms with Gasteiger partial charge in [-0.2, -0.15) is 0 Å². The largest absolute Gasteiger partial charge is 0.392 e. The van der Waals surface area contributed by atoms with Crippen LogP contribution in [0.2, 0.25) is 0 Å². The van der Waals surface area contributed by atoms with Crippen LogP contribution in [-0.4, -0.2) is 28.3 Å². The van der Waals surface area contributed by atoms with Gasteiger partial charge in [-0.15, -0.1) is 11.8 Å². The van der Waals surface area contributed by atoms with Crippen LogP contribution in [0.3, 0.4) is 0 Å². The summed E-state index contributed by atoms with van der Waals surface area (Å²) in [5.74, 6) is 7.19. The first-order valence-electron chi connectivity index (χ1n) is 12.4. The minimum Gasteiger partial charge on any atom is -0.392 e. The first-order valence-corrected chi connectivity index (χ1v) is 12.4. The molecule has 3 rings (SSSR count). The van der Waals surface area contributed by atoms with E-state index >= 15 is 0 Å². The molecule has 4 heteroatoms. The lowest BCUT2D eigenvalue weighted by Crippen LogP contribution is -2.22. The van der Waals surface area contributed by atoms with Gasteiger partial charge in [0.05, 0.1) is 12.2 Å². The molecule has 2 aliphatic carbocycles. The molecule has 1 amide bonds. The van der Waals surface area contributed by atoms with E-state index in [1.165, 1.54) is 5.57 Å². The van der Waals surface area contributed by atoms with Crippen molar-refractivity contribution in [2.75, 3.05) is 0 Å². The predicted octanol–water partition coefficient (Wildman–Crippen LogP) is 4.77. The van der Waals surface area contributed by atoms with Crippen molar-refractivity contribution in [2.24, 2.45) is 23.7 Å².